The third-order valence-electron chi connectivity index (χ3n) is 2.20. The summed E-state index contributed by atoms with van der Waals surface area (Å²) >= 11 is 0. The molecule has 1 amide bonds. The molecule has 0 radical (unpaired) electrons. The van der Waals surface area contributed by atoms with Crippen molar-refractivity contribution in [2.24, 2.45) is 0 Å². The fraction of sp³-hybridized carbons (Fsp3) is 0.385. The predicted octanol–water partition coefficient (Wildman–Crippen LogP) is 2.72. The lowest BCUT2D eigenvalue weighted by Crippen LogP contribution is -2.10. The minimum absolute atomic E-state index is 0.0255. The lowest BCUT2D eigenvalue weighted by atomic mass is 10.2. The van der Waals surface area contributed by atoms with E-state index in [-0.39, 0.29) is 12.5 Å². The van der Waals surface area contributed by atoms with Crippen LogP contribution >= 0.6 is 0 Å². The van der Waals surface area contributed by atoms with Crippen molar-refractivity contribution in [1.82, 2.24) is 0 Å². The molecule has 1 N–H and O–H groups in total. The van der Waals surface area contributed by atoms with Gasteiger partial charge in [0.1, 0.15) is 11.8 Å². The van der Waals surface area contributed by atoms with Crippen LogP contribution in [0.15, 0.2) is 24.3 Å². The zero-order chi connectivity index (χ0) is 12.5. The van der Waals surface area contributed by atoms with Gasteiger partial charge >= 0.3 is 0 Å². The zero-order valence-electron chi connectivity index (χ0n) is 9.90. The van der Waals surface area contributed by atoms with Crippen LogP contribution in [-0.2, 0) is 4.79 Å². The number of rotatable bonds is 6. The number of hydrogen-bond donors (Lipinski definition) is 1. The Balaban J connectivity index is 2.45. The highest BCUT2D eigenvalue weighted by atomic mass is 16.5. The number of unbranched alkanes of at least 4 members (excludes halogenated alkanes) is 1. The van der Waals surface area contributed by atoms with Crippen molar-refractivity contribution in [3.63, 3.8) is 0 Å². The Morgan fingerprint density at radius 3 is 2.71 bits per heavy atom. The van der Waals surface area contributed by atoms with E-state index in [0.29, 0.717) is 12.2 Å². The molecule has 0 heterocycles. The van der Waals surface area contributed by atoms with Gasteiger partial charge in [0.2, 0.25) is 5.91 Å². The van der Waals surface area contributed by atoms with Crippen molar-refractivity contribution in [2.75, 3.05) is 11.9 Å². The summed E-state index contributed by atoms with van der Waals surface area (Å²) < 4.78 is 5.11. The van der Waals surface area contributed by atoms with Gasteiger partial charge in [0.25, 0.3) is 0 Å². The Morgan fingerprint density at radius 2 is 2.12 bits per heavy atom. The molecule has 1 rings (SSSR count). The van der Waals surface area contributed by atoms with E-state index in [0.717, 1.165) is 18.5 Å². The minimum Gasteiger partial charge on any atom is -0.479 e. The maximum absolute atomic E-state index is 11.4. The van der Waals surface area contributed by atoms with Crippen LogP contribution in [0, 0.1) is 11.3 Å². The first-order chi connectivity index (χ1) is 8.26. The number of benzene rings is 1. The van der Waals surface area contributed by atoms with Crippen LogP contribution in [0.2, 0.25) is 0 Å². The van der Waals surface area contributed by atoms with E-state index >= 15 is 0 Å². The highest BCUT2D eigenvalue weighted by Crippen LogP contribution is 2.15. The molecule has 0 saturated carbocycles. The van der Waals surface area contributed by atoms with Crippen molar-refractivity contribution < 1.29 is 9.53 Å². The fourth-order valence-electron chi connectivity index (χ4n) is 1.31. The first kappa shape index (κ1) is 13.0. The molecule has 90 valence electrons. The molecular weight excluding hydrogens is 216 g/mol. The Kier molecular flexibility index (Phi) is 5.59. The molecule has 0 spiro atoms. The van der Waals surface area contributed by atoms with E-state index < -0.39 is 0 Å². The standard InChI is InChI=1S/C13H16N2O2/c1-2-3-4-13(16)15-11-5-7-12(8-6-11)17-10-9-14/h5-8H,2-4,10H2,1H3,(H,15,16). The number of hydrogen-bond acceptors (Lipinski definition) is 3. The third-order valence-corrected chi connectivity index (χ3v) is 2.20. The van der Waals surface area contributed by atoms with E-state index in [1.807, 2.05) is 6.07 Å². The molecule has 17 heavy (non-hydrogen) atoms. The summed E-state index contributed by atoms with van der Waals surface area (Å²) in [5, 5.41) is 11.2. The van der Waals surface area contributed by atoms with Crippen molar-refractivity contribution in [1.29, 1.82) is 5.26 Å². The molecule has 1 aromatic carbocycles. The summed E-state index contributed by atoms with van der Waals surface area (Å²) in [6, 6.07) is 8.87. The van der Waals surface area contributed by atoms with Gasteiger partial charge in [-0.1, -0.05) is 13.3 Å². The number of anilines is 1. The van der Waals surface area contributed by atoms with Crippen LogP contribution in [0.5, 0.6) is 5.75 Å². The number of nitriles is 1. The van der Waals surface area contributed by atoms with E-state index in [2.05, 4.69) is 12.2 Å². The summed E-state index contributed by atoms with van der Waals surface area (Å²) in [5.74, 6) is 0.649. The smallest absolute Gasteiger partial charge is 0.224 e. The summed E-state index contributed by atoms with van der Waals surface area (Å²) in [6.07, 6.45) is 2.45. The summed E-state index contributed by atoms with van der Waals surface area (Å²) in [7, 11) is 0. The second kappa shape index (κ2) is 7.29. The maximum Gasteiger partial charge on any atom is 0.224 e. The van der Waals surface area contributed by atoms with E-state index in [1.54, 1.807) is 24.3 Å². The molecule has 1 aromatic rings. The molecule has 4 heteroatoms. The highest BCUT2D eigenvalue weighted by molar-refractivity contribution is 5.90. The van der Waals surface area contributed by atoms with Crippen molar-refractivity contribution >= 4 is 11.6 Å². The summed E-state index contributed by atoms with van der Waals surface area (Å²) in [6.45, 7) is 2.08. The normalized spacial score (nSPS) is 9.41. The number of nitrogens with zero attached hydrogens (tertiary/aromatic N) is 1. The van der Waals surface area contributed by atoms with Crippen molar-refractivity contribution in [3.8, 4) is 11.8 Å². The van der Waals surface area contributed by atoms with Crippen molar-refractivity contribution in [3.05, 3.63) is 24.3 Å². The molecule has 0 aliphatic rings. The zero-order valence-corrected chi connectivity index (χ0v) is 9.90. The van der Waals surface area contributed by atoms with Crippen LogP contribution in [0.25, 0.3) is 0 Å². The highest BCUT2D eigenvalue weighted by Gasteiger charge is 2.01. The van der Waals surface area contributed by atoms with Crippen LogP contribution in [0.4, 0.5) is 5.69 Å². The van der Waals surface area contributed by atoms with Gasteiger partial charge in [-0.25, -0.2) is 0 Å². The summed E-state index contributed by atoms with van der Waals surface area (Å²) in [5.41, 5.74) is 0.746. The maximum atomic E-state index is 11.4. The molecule has 0 aliphatic heterocycles. The van der Waals surface area contributed by atoms with Gasteiger partial charge in [-0.3, -0.25) is 4.79 Å². The predicted molar refractivity (Wildman–Crippen MR) is 65.7 cm³/mol. The van der Waals surface area contributed by atoms with Gasteiger partial charge in [0.15, 0.2) is 6.61 Å². The molecule has 4 nitrogen and oxygen atoms in total. The average Bonchev–Trinajstić information content (AvgIpc) is 2.35. The average molecular weight is 232 g/mol. The van der Waals surface area contributed by atoms with Crippen LogP contribution in [0.3, 0.4) is 0 Å². The third kappa shape index (κ3) is 5.03. The fourth-order valence-corrected chi connectivity index (χ4v) is 1.31. The van der Waals surface area contributed by atoms with Gasteiger partial charge in [-0.15, -0.1) is 0 Å². The molecule has 0 fully saturated rings. The Bertz CT molecular complexity index is 393. The lowest BCUT2D eigenvalue weighted by molar-refractivity contribution is -0.116. The van der Waals surface area contributed by atoms with Gasteiger partial charge in [-0.05, 0) is 30.7 Å². The molecule has 0 aromatic heterocycles. The van der Waals surface area contributed by atoms with Crippen molar-refractivity contribution in [2.45, 2.75) is 26.2 Å². The molecule has 0 unspecified atom stereocenters. The first-order valence-electron chi connectivity index (χ1n) is 5.66. The van der Waals surface area contributed by atoms with Gasteiger partial charge in [0.05, 0.1) is 0 Å². The quantitative estimate of drug-likeness (QED) is 0.820. The van der Waals surface area contributed by atoms with Crippen LogP contribution < -0.4 is 10.1 Å². The number of nitrogens with one attached hydrogen (secondary N) is 1. The monoisotopic (exact) mass is 232 g/mol. The molecular formula is C13H16N2O2. The molecule has 0 atom stereocenters. The van der Waals surface area contributed by atoms with E-state index in [1.165, 1.54) is 0 Å². The van der Waals surface area contributed by atoms with Crippen LogP contribution in [0.1, 0.15) is 26.2 Å². The Morgan fingerprint density at radius 1 is 1.41 bits per heavy atom. The second-order valence-electron chi connectivity index (χ2n) is 3.62. The number of amides is 1. The van der Waals surface area contributed by atoms with Gasteiger partial charge in [-0.2, -0.15) is 5.26 Å². The minimum atomic E-state index is 0.0255. The SMILES string of the molecule is CCCCC(=O)Nc1ccc(OCC#N)cc1. The Labute approximate surface area is 101 Å². The van der Waals surface area contributed by atoms with Crippen LogP contribution in [-0.4, -0.2) is 12.5 Å². The van der Waals surface area contributed by atoms with E-state index in [9.17, 15) is 4.79 Å². The van der Waals surface area contributed by atoms with Gasteiger partial charge < -0.3 is 10.1 Å². The number of ether oxygens (including phenoxy) is 1. The largest absolute Gasteiger partial charge is 0.479 e. The molecule has 0 saturated heterocycles. The second-order valence-corrected chi connectivity index (χ2v) is 3.62. The number of carbonyl (C=O) groups excluding carboxylic acids is 1. The number of carbonyl (C=O) groups is 1. The summed E-state index contributed by atoms with van der Waals surface area (Å²) in [4.78, 5) is 11.4. The van der Waals surface area contributed by atoms with E-state index in [4.69, 9.17) is 10.00 Å². The Hall–Kier alpha value is -2.02. The molecule has 0 bridgehead atoms. The molecule has 0 aliphatic carbocycles. The lowest BCUT2D eigenvalue weighted by Gasteiger charge is -2.06. The topological polar surface area (TPSA) is 62.1 Å². The van der Waals surface area contributed by atoms with Gasteiger partial charge in [0, 0.05) is 12.1 Å². The first-order valence-corrected chi connectivity index (χ1v) is 5.66.